The molecule has 0 amide bonds. The van der Waals surface area contributed by atoms with Gasteiger partial charge in [0.1, 0.15) is 6.10 Å². The highest BCUT2D eigenvalue weighted by atomic mass is 17.2. The van der Waals surface area contributed by atoms with E-state index in [2.05, 4.69) is 12.1 Å². The molecule has 5 nitrogen and oxygen atoms in total. The molecule has 1 N–H and O–H groups in total. The fourth-order valence-corrected chi connectivity index (χ4v) is 2.01. The van der Waals surface area contributed by atoms with Crippen molar-refractivity contribution < 1.29 is 24.5 Å². The van der Waals surface area contributed by atoms with Crippen molar-refractivity contribution in [2.75, 3.05) is 0 Å². The molecule has 0 aliphatic carbocycles. The van der Waals surface area contributed by atoms with E-state index < -0.39 is 11.9 Å². The van der Waals surface area contributed by atoms with Gasteiger partial charge in [-0.05, 0) is 44.6 Å². The minimum atomic E-state index is -0.850. The summed E-state index contributed by atoms with van der Waals surface area (Å²) in [6.45, 7) is 1.86. The molecule has 1 atom stereocenters. The molecule has 0 saturated carbocycles. The van der Waals surface area contributed by atoms with Crippen LogP contribution >= 0.6 is 0 Å². The summed E-state index contributed by atoms with van der Waals surface area (Å²) < 4.78 is 0. The van der Waals surface area contributed by atoms with Crippen LogP contribution in [0.15, 0.2) is 30.3 Å². The molecule has 122 valence electrons. The third-order valence-electron chi connectivity index (χ3n) is 3.25. The molecule has 1 aromatic rings. The van der Waals surface area contributed by atoms with Crippen LogP contribution in [0, 0.1) is 0 Å². The van der Waals surface area contributed by atoms with Crippen LogP contribution in [-0.4, -0.2) is 23.1 Å². The summed E-state index contributed by atoms with van der Waals surface area (Å²) >= 11 is 0. The van der Waals surface area contributed by atoms with Crippen molar-refractivity contribution in [3.63, 3.8) is 0 Å². The van der Waals surface area contributed by atoms with Gasteiger partial charge in [0.05, 0.1) is 0 Å². The average molecular weight is 308 g/mol. The van der Waals surface area contributed by atoms with Gasteiger partial charge in [-0.3, -0.25) is 9.68 Å². The number of carbonyl (C=O) groups is 2. The lowest BCUT2D eigenvalue weighted by molar-refractivity contribution is -0.295. The lowest BCUT2D eigenvalue weighted by Gasteiger charge is -2.11. The summed E-state index contributed by atoms with van der Waals surface area (Å²) in [5, 5.41) is 8.48. The molecule has 1 rings (SSSR count). The molecule has 0 aromatic heterocycles. The van der Waals surface area contributed by atoms with Gasteiger partial charge < -0.3 is 5.11 Å². The maximum Gasteiger partial charge on any atom is 0.342 e. The number of carboxylic acid groups (broad SMARTS) is 1. The number of aryl methyl sites for hydroxylation is 1. The molecule has 1 aromatic carbocycles. The number of unbranched alkanes of at least 4 members (excludes halogenated alkanes) is 1. The summed E-state index contributed by atoms with van der Waals surface area (Å²) in [5.41, 5.74) is 1.28. The van der Waals surface area contributed by atoms with Gasteiger partial charge in [0, 0.05) is 12.8 Å². The lowest BCUT2D eigenvalue weighted by Crippen LogP contribution is -2.13. The maximum atomic E-state index is 11.4. The Balaban J connectivity index is 2.03. The second kappa shape index (κ2) is 10.8. The van der Waals surface area contributed by atoms with Crippen LogP contribution in [0.3, 0.4) is 0 Å². The van der Waals surface area contributed by atoms with Gasteiger partial charge in [-0.15, -0.1) is 0 Å². The van der Waals surface area contributed by atoms with Crippen LogP contribution < -0.4 is 0 Å². The van der Waals surface area contributed by atoms with Crippen molar-refractivity contribution in [3.05, 3.63) is 35.9 Å². The zero-order valence-electron chi connectivity index (χ0n) is 13.0. The number of benzene rings is 1. The molecule has 0 fully saturated rings. The third-order valence-corrected chi connectivity index (χ3v) is 3.25. The number of carboxylic acids is 1. The van der Waals surface area contributed by atoms with E-state index in [1.54, 1.807) is 0 Å². The van der Waals surface area contributed by atoms with Crippen LogP contribution in [0.5, 0.6) is 0 Å². The Hall–Kier alpha value is -1.88. The van der Waals surface area contributed by atoms with E-state index in [0.717, 1.165) is 19.3 Å². The predicted octanol–water partition coefficient (Wildman–Crippen LogP) is 3.52. The van der Waals surface area contributed by atoms with Gasteiger partial charge in [-0.1, -0.05) is 30.3 Å². The quantitative estimate of drug-likeness (QED) is 0.385. The van der Waals surface area contributed by atoms with Crippen molar-refractivity contribution in [2.45, 2.75) is 58.0 Å². The minimum Gasteiger partial charge on any atom is -0.481 e. The van der Waals surface area contributed by atoms with Crippen molar-refractivity contribution in [1.82, 2.24) is 0 Å². The van der Waals surface area contributed by atoms with Crippen molar-refractivity contribution in [3.8, 4) is 0 Å². The van der Waals surface area contributed by atoms with Crippen LogP contribution in [0.25, 0.3) is 0 Å². The Morgan fingerprint density at radius 1 is 1.09 bits per heavy atom. The van der Waals surface area contributed by atoms with Crippen LogP contribution in [-0.2, 0) is 25.8 Å². The lowest BCUT2D eigenvalue weighted by atomic mass is 10.1. The minimum absolute atomic E-state index is 0.0734. The molecule has 0 radical (unpaired) electrons. The van der Waals surface area contributed by atoms with Gasteiger partial charge >= 0.3 is 11.9 Å². The number of hydrogen-bond donors (Lipinski definition) is 1. The van der Waals surface area contributed by atoms with Crippen molar-refractivity contribution >= 4 is 11.9 Å². The van der Waals surface area contributed by atoms with Crippen LogP contribution in [0.2, 0.25) is 0 Å². The molecule has 5 heteroatoms. The first kappa shape index (κ1) is 18.2. The number of carbonyl (C=O) groups excluding carboxylic acids is 1. The summed E-state index contributed by atoms with van der Waals surface area (Å²) in [4.78, 5) is 31.5. The highest BCUT2D eigenvalue weighted by Gasteiger charge is 2.09. The monoisotopic (exact) mass is 308 g/mol. The molecule has 0 aliphatic rings. The first-order valence-corrected chi connectivity index (χ1v) is 7.70. The van der Waals surface area contributed by atoms with Crippen LogP contribution in [0.4, 0.5) is 0 Å². The highest BCUT2D eigenvalue weighted by molar-refractivity contribution is 5.69. The fourth-order valence-electron chi connectivity index (χ4n) is 2.01. The average Bonchev–Trinajstić information content (AvgIpc) is 2.50. The smallest absolute Gasteiger partial charge is 0.342 e. The molecule has 0 saturated heterocycles. The zero-order chi connectivity index (χ0) is 16.2. The largest absolute Gasteiger partial charge is 0.481 e. The topological polar surface area (TPSA) is 72.8 Å². The number of hydrogen-bond acceptors (Lipinski definition) is 4. The molecule has 0 heterocycles. The summed E-state index contributed by atoms with van der Waals surface area (Å²) in [7, 11) is 0. The zero-order valence-corrected chi connectivity index (χ0v) is 13.0. The van der Waals surface area contributed by atoms with Gasteiger partial charge in [0.15, 0.2) is 0 Å². The van der Waals surface area contributed by atoms with E-state index in [0.29, 0.717) is 12.8 Å². The number of rotatable bonds is 11. The summed E-state index contributed by atoms with van der Waals surface area (Å²) in [6.07, 6.45) is 3.81. The predicted molar refractivity (Wildman–Crippen MR) is 82.1 cm³/mol. The van der Waals surface area contributed by atoms with Gasteiger partial charge in [0.25, 0.3) is 0 Å². The van der Waals surface area contributed by atoms with E-state index >= 15 is 0 Å². The standard InChI is InChI=1S/C17H24O5/c1-14(8-7-11-15-9-3-2-4-10-15)21-22-17(20)13-6-5-12-16(18)19/h2-4,9-10,14H,5-8,11-13H2,1H3,(H,18,19). The Morgan fingerprint density at radius 3 is 2.45 bits per heavy atom. The molecule has 22 heavy (non-hydrogen) atoms. The van der Waals surface area contributed by atoms with E-state index in [-0.39, 0.29) is 18.9 Å². The fraction of sp³-hybridized carbons (Fsp3) is 0.529. The molecule has 0 bridgehead atoms. The molecular formula is C17H24O5. The second-order valence-corrected chi connectivity index (χ2v) is 5.34. The second-order valence-electron chi connectivity index (χ2n) is 5.34. The normalized spacial score (nSPS) is 11.9. The van der Waals surface area contributed by atoms with E-state index in [1.165, 1.54) is 5.56 Å². The first-order valence-electron chi connectivity index (χ1n) is 7.70. The van der Waals surface area contributed by atoms with E-state index in [4.69, 9.17) is 14.9 Å². The van der Waals surface area contributed by atoms with Crippen molar-refractivity contribution in [2.24, 2.45) is 0 Å². The first-order chi connectivity index (χ1) is 10.6. The third kappa shape index (κ3) is 9.13. The molecule has 0 spiro atoms. The molecule has 1 unspecified atom stereocenters. The summed E-state index contributed by atoms with van der Waals surface area (Å²) in [6, 6.07) is 10.2. The van der Waals surface area contributed by atoms with E-state index in [9.17, 15) is 9.59 Å². The van der Waals surface area contributed by atoms with E-state index in [1.807, 2.05) is 25.1 Å². The highest BCUT2D eigenvalue weighted by Crippen LogP contribution is 2.09. The van der Waals surface area contributed by atoms with Gasteiger partial charge in [0.2, 0.25) is 0 Å². The van der Waals surface area contributed by atoms with Crippen molar-refractivity contribution in [1.29, 1.82) is 0 Å². The maximum absolute atomic E-state index is 11.4. The Morgan fingerprint density at radius 2 is 1.77 bits per heavy atom. The molecular weight excluding hydrogens is 284 g/mol. The molecule has 0 aliphatic heterocycles. The Kier molecular flexibility index (Phi) is 8.91. The Labute approximate surface area is 131 Å². The van der Waals surface area contributed by atoms with Gasteiger partial charge in [-0.25, -0.2) is 4.79 Å². The van der Waals surface area contributed by atoms with Gasteiger partial charge in [-0.2, -0.15) is 4.89 Å². The summed E-state index contributed by atoms with van der Waals surface area (Å²) in [5.74, 6) is -1.29. The van der Waals surface area contributed by atoms with Crippen LogP contribution in [0.1, 0.15) is 51.0 Å². The number of aliphatic carboxylic acids is 1. The Bertz CT molecular complexity index is 444. The SMILES string of the molecule is CC(CCCc1ccccc1)OOC(=O)CCCCC(=O)O.